The molecule has 9 heteroatoms. The largest absolute Gasteiger partial charge is 0.489 e. The Bertz CT molecular complexity index is 1200. The van der Waals surface area contributed by atoms with Crippen LogP contribution in [0.4, 0.5) is 0 Å². The van der Waals surface area contributed by atoms with Crippen molar-refractivity contribution in [3.63, 3.8) is 0 Å². The number of benzene rings is 3. The molecule has 0 heterocycles. The van der Waals surface area contributed by atoms with Gasteiger partial charge in [-0.15, -0.1) is 0 Å². The molecule has 0 radical (unpaired) electrons. The van der Waals surface area contributed by atoms with Gasteiger partial charge >= 0.3 is 0 Å². The van der Waals surface area contributed by atoms with Gasteiger partial charge < -0.3 is 10.1 Å². The Morgan fingerprint density at radius 3 is 2.34 bits per heavy atom. The minimum atomic E-state index is -0.805. The van der Waals surface area contributed by atoms with Crippen molar-refractivity contribution in [1.82, 2.24) is 10.7 Å². The lowest BCUT2D eigenvalue weighted by Crippen LogP contribution is -2.48. The fourth-order valence-electron chi connectivity index (χ4n) is 3.06. The number of ether oxygens (including phenoxy) is 1. The normalized spacial score (nSPS) is 11.9. The molecule has 1 atom stereocenters. The summed E-state index contributed by atoms with van der Waals surface area (Å²) in [5, 5.41) is 7.36. The van der Waals surface area contributed by atoms with Crippen molar-refractivity contribution in [3.05, 3.63) is 97.9 Å². The lowest BCUT2D eigenvalue weighted by molar-refractivity contribution is -0.123. The van der Waals surface area contributed by atoms with E-state index < -0.39 is 17.9 Å². The predicted molar refractivity (Wildman–Crippen MR) is 143 cm³/mol. The fraction of sp³-hybridized carbons (Fsp3) is 0.192. The summed E-state index contributed by atoms with van der Waals surface area (Å²) in [4.78, 5) is 25.3. The molecule has 3 aromatic carbocycles. The monoisotopic (exact) mass is 575 g/mol. The van der Waals surface area contributed by atoms with Gasteiger partial charge in [-0.25, -0.2) is 5.43 Å². The van der Waals surface area contributed by atoms with E-state index in [4.69, 9.17) is 27.9 Å². The highest BCUT2D eigenvalue weighted by Crippen LogP contribution is 2.21. The zero-order chi connectivity index (χ0) is 25.4. The van der Waals surface area contributed by atoms with E-state index in [1.807, 2.05) is 62.4 Å². The summed E-state index contributed by atoms with van der Waals surface area (Å²) in [6.45, 7) is 4.11. The summed E-state index contributed by atoms with van der Waals surface area (Å²) in [5.74, 6) is -0.368. The number of hydrogen-bond donors (Lipinski definition) is 2. The van der Waals surface area contributed by atoms with Crippen molar-refractivity contribution in [2.24, 2.45) is 11.0 Å². The summed E-state index contributed by atoms with van der Waals surface area (Å²) in [6.07, 6.45) is 1.52. The van der Waals surface area contributed by atoms with Crippen LogP contribution in [0.25, 0.3) is 0 Å². The SMILES string of the molecule is CC(C)C(NC(=O)c1ccc(Cl)cc1Cl)C(=O)NN=Cc1ccc(OCc2ccc(Br)cc2)cc1. The zero-order valence-electron chi connectivity index (χ0n) is 19.1. The highest BCUT2D eigenvalue weighted by molar-refractivity contribution is 9.10. The first kappa shape index (κ1) is 26.7. The number of hydrogen-bond acceptors (Lipinski definition) is 4. The molecule has 0 fully saturated rings. The van der Waals surface area contributed by atoms with Gasteiger partial charge in [0.15, 0.2) is 0 Å². The van der Waals surface area contributed by atoms with Gasteiger partial charge in [0.1, 0.15) is 18.4 Å². The second-order valence-corrected chi connectivity index (χ2v) is 9.80. The van der Waals surface area contributed by atoms with Gasteiger partial charge in [0.2, 0.25) is 0 Å². The van der Waals surface area contributed by atoms with Crippen LogP contribution in [-0.4, -0.2) is 24.1 Å². The molecule has 35 heavy (non-hydrogen) atoms. The molecule has 0 aromatic heterocycles. The molecule has 182 valence electrons. The molecule has 2 N–H and O–H groups in total. The van der Waals surface area contributed by atoms with E-state index in [1.165, 1.54) is 18.3 Å². The minimum Gasteiger partial charge on any atom is -0.489 e. The Morgan fingerprint density at radius 1 is 1.03 bits per heavy atom. The fourth-order valence-corrected chi connectivity index (χ4v) is 3.82. The average Bonchev–Trinajstić information content (AvgIpc) is 2.82. The van der Waals surface area contributed by atoms with Gasteiger partial charge in [0.05, 0.1) is 16.8 Å². The molecule has 0 bridgehead atoms. The Morgan fingerprint density at radius 2 is 1.71 bits per heavy atom. The van der Waals surface area contributed by atoms with Crippen molar-refractivity contribution in [3.8, 4) is 5.75 Å². The van der Waals surface area contributed by atoms with Crippen LogP contribution in [0.1, 0.15) is 35.3 Å². The Hall–Kier alpha value is -2.87. The topological polar surface area (TPSA) is 79.8 Å². The number of nitrogens with zero attached hydrogens (tertiary/aromatic N) is 1. The second-order valence-electron chi connectivity index (χ2n) is 8.04. The van der Waals surface area contributed by atoms with E-state index >= 15 is 0 Å². The lowest BCUT2D eigenvalue weighted by atomic mass is 10.0. The van der Waals surface area contributed by atoms with Crippen molar-refractivity contribution >= 4 is 57.2 Å². The van der Waals surface area contributed by atoms with Crippen LogP contribution >= 0.6 is 39.1 Å². The highest BCUT2D eigenvalue weighted by Gasteiger charge is 2.25. The number of halogens is 3. The summed E-state index contributed by atoms with van der Waals surface area (Å²) < 4.78 is 6.81. The molecule has 2 amide bonds. The number of carbonyl (C=O) groups excluding carboxylic acids is 2. The maximum Gasteiger partial charge on any atom is 0.262 e. The highest BCUT2D eigenvalue weighted by atomic mass is 79.9. The summed E-state index contributed by atoms with van der Waals surface area (Å²) in [5.41, 5.74) is 4.56. The van der Waals surface area contributed by atoms with Gasteiger partial charge in [0, 0.05) is 9.50 Å². The van der Waals surface area contributed by atoms with Crippen LogP contribution in [0.2, 0.25) is 10.0 Å². The van der Waals surface area contributed by atoms with Gasteiger partial charge in [-0.3, -0.25) is 9.59 Å². The molecule has 0 aliphatic carbocycles. The van der Waals surface area contributed by atoms with Crippen molar-refractivity contribution in [1.29, 1.82) is 0 Å². The molecule has 0 aliphatic rings. The molecule has 0 saturated carbocycles. The molecule has 3 rings (SSSR count). The first-order valence-electron chi connectivity index (χ1n) is 10.8. The third-order valence-corrected chi connectivity index (χ3v) is 6.08. The van der Waals surface area contributed by atoms with E-state index in [0.717, 1.165) is 21.3 Å². The predicted octanol–water partition coefficient (Wildman–Crippen LogP) is 6.24. The van der Waals surface area contributed by atoms with Crippen LogP contribution in [0.5, 0.6) is 5.75 Å². The third-order valence-electron chi connectivity index (χ3n) is 5.00. The molecule has 1 unspecified atom stereocenters. The third kappa shape index (κ3) is 8.09. The minimum absolute atomic E-state index is 0.178. The molecular weight excluding hydrogens is 553 g/mol. The van der Waals surface area contributed by atoms with Crippen LogP contribution in [0.3, 0.4) is 0 Å². The zero-order valence-corrected chi connectivity index (χ0v) is 22.2. The van der Waals surface area contributed by atoms with Crippen molar-refractivity contribution in [2.75, 3.05) is 0 Å². The molecular formula is C26H24BrCl2N3O3. The van der Waals surface area contributed by atoms with Gasteiger partial charge in [-0.05, 0) is 71.6 Å². The average molecular weight is 577 g/mol. The van der Waals surface area contributed by atoms with Crippen LogP contribution in [-0.2, 0) is 11.4 Å². The first-order valence-corrected chi connectivity index (χ1v) is 12.3. The quantitative estimate of drug-likeness (QED) is 0.234. The Labute approximate surface area is 222 Å². The molecule has 6 nitrogen and oxygen atoms in total. The molecule has 0 saturated heterocycles. The van der Waals surface area contributed by atoms with Crippen LogP contribution in [0.15, 0.2) is 76.3 Å². The van der Waals surface area contributed by atoms with E-state index in [0.29, 0.717) is 11.6 Å². The second kappa shape index (κ2) is 12.7. The van der Waals surface area contributed by atoms with Crippen LogP contribution < -0.4 is 15.5 Å². The maximum absolute atomic E-state index is 12.7. The molecule has 0 spiro atoms. The number of carbonyl (C=O) groups is 2. The van der Waals surface area contributed by atoms with Crippen LogP contribution in [0, 0.1) is 5.92 Å². The van der Waals surface area contributed by atoms with E-state index in [9.17, 15) is 9.59 Å². The number of amides is 2. The van der Waals surface area contributed by atoms with E-state index in [2.05, 4.69) is 31.8 Å². The maximum atomic E-state index is 12.7. The van der Waals surface area contributed by atoms with Crippen molar-refractivity contribution < 1.29 is 14.3 Å². The standard InChI is InChI=1S/C26H24BrCl2N3O3/c1-16(2)24(31-25(33)22-12-9-20(28)13-23(22)29)26(34)32-30-14-17-5-10-21(11-6-17)35-15-18-3-7-19(27)8-4-18/h3-14,16,24H,15H2,1-2H3,(H,31,33)(H,32,34). The summed E-state index contributed by atoms with van der Waals surface area (Å²) >= 11 is 15.4. The number of hydrazone groups is 1. The summed E-state index contributed by atoms with van der Waals surface area (Å²) in [7, 11) is 0. The Balaban J connectivity index is 1.54. The molecule has 0 aliphatic heterocycles. The van der Waals surface area contributed by atoms with Gasteiger partial charge in [0.25, 0.3) is 11.8 Å². The lowest BCUT2D eigenvalue weighted by Gasteiger charge is -2.20. The summed E-state index contributed by atoms with van der Waals surface area (Å²) in [6, 6.07) is 19.0. The Kier molecular flexibility index (Phi) is 9.72. The van der Waals surface area contributed by atoms with Gasteiger partial charge in [-0.1, -0.05) is 65.1 Å². The van der Waals surface area contributed by atoms with Gasteiger partial charge in [-0.2, -0.15) is 5.10 Å². The van der Waals surface area contributed by atoms with Crippen molar-refractivity contribution in [2.45, 2.75) is 26.5 Å². The van der Waals surface area contributed by atoms with E-state index in [1.54, 1.807) is 6.07 Å². The smallest absolute Gasteiger partial charge is 0.262 e. The molecule has 3 aromatic rings. The number of rotatable bonds is 9. The first-order chi connectivity index (χ1) is 16.7. The number of nitrogens with one attached hydrogen (secondary N) is 2. The van der Waals surface area contributed by atoms with E-state index in [-0.39, 0.29) is 16.5 Å².